The van der Waals surface area contributed by atoms with E-state index < -0.39 is 18.5 Å². The van der Waals surface area contributed by atoms with E-state index in [1.165, 1.54) is 19.2 Å². The van der Waals surface area contributed by atoms with Crippen LogP contribution < -0.4 is 29.0 Å². The summed E-state index contributed by atoms with van der Waals surface area (Å²) in [6, 6.07) is 10.3. The fourth-order valence-corrected chi connectivity index (χ4v) is 3.05. The van der Waals surface area contributed by atoms with E-state index in [9.17, 15) is 9.59 Å². The number of rotatable bonds is 6. The lowest BCUT2D eigenvalue weighted by molar-refractivity contribution is -0.124. The Morgan fingerprint density at radius 3 is 2.70 bits per heavy atom. The minimum absolute atomic E-state index is 0.199. The van der Waals surface area contributed by atoms with Crippen LogP contribution in [0.1, 0.15) is 10.4 Å². The van der Waals surface area contributed by atoms with Gasteiger partial charge in [-0.3, -0.25) is 4.79 Å². The minimum atomic E-state index is -0.674. The molecule has 0 spiro atoms. The highest BCUT2D eigenvalue weighted by Gasteiger charge is 2.23. The molecule has 4 rings (SSSR count). The summed E-state index contributed by atoms with van der Waals surface area (Å²) in [5.74, 6) is 1.37. The fraction of sp³-hybridized carbons (Fsp3) is 0.333. The van der Waals surface area contributed by atoms with Gasteiger partial charge in [0.05, 0.1) is 19.2 Å². The van der Waals surface area contributed by atoms with Crippen molar-refractivity contribution in [2.45, 2.75) is 6.10 Å². The Labute approximate surface area is 172 Å². The van der Waals surface area contributed by atoms with Crippen LogP contribution in [0.2, 0.25) is 0 Å². The summed E-state index contributed by atoms with van der Waals surface area (Å²) in [5, 5.41) is 2.67. The average Bonchev–Trinajstić information content (AvgIpc) is 2.80. The van der Waals surface area contributed by atoms with Gasteiger partial charge in [0.1, 0.15) is 25.9 Å². The van der Waals surface area contributed by atoms with E-state index in [1.54, 1.807) is 6.07 Å². The van der Waals surface area contributed by atoms with Crippen molar-refractivity contribution in [1.29, 1.82) is 0 Å². The Balaban J connectivity index is 1.28. The van der Waals surface area contributed by atoms with Crippen molar-refractivity contribution in [3.63, 3.8) is 0 Å². The molecular formula is C21H21NO8. The molecule has 2 aromatic rings. The first kappa shape index (κ1) is 19.7. The van der Waals surface area contributed by atoms with Gasteiger partial charge >= 0.3 is 5.97 Å². The number of hydrogen-bond acceptors (Lipinski definition) is 8. The molecule has 0 aromatic heterocycles. The van der Waals surface area contributed by atoms with Crippen LogP contribution in [0.25, 0.3) is 0 Å². The van der Waals surface area contributed by atoms with Gasteiger partial charge in [0, 0.05) is 0 Å². The van der Waals surface area contributed by atoms with E-state index in [4.69, 9.17) is 28.4 Å². The number of fused-ring (bicyclic) bond motifs is 2. The molecule has 30 heavy (non-hydrogen) atoms. The maximum atomic E-state index is 12.3. The van der Waals surface area contributed by atoms with Crippen LogP contribution in [-0.4, -0.2) is 58.1 Å². The second-order valence-corrected chi connectivity index (χ2v) is 6.58. The minimum Gasteiger partial charge on any atom is -0.493 e. The predicted octanol–water partition coefficient (Wildman–Crippen LogP) is 1.58. The van der Waals surface area contributed by atoms with Crippen molar-refractivity contribution in [1.82, 2.24) is 5.32 Å². The zero-order valence-corrected chi connectivity index (χ0v) is 16.3. The summed E-state index contributed by atoms with van der Waals surface area (Å²) in [4.78, 5) is 24.4. The molecule has 1 amide bonds. The highest BCUT2D eigenvalue weighted by Crippen LogP contribution is 2.40. The summed E-state index contributed by atoms with van der Waals surface area (Å²) in [5.41, 5.74) is 0.199. The Morgan fingerprint density at radius 2 is 1.87 bits per heavy atom. The van der Waals surface area contributed by atoms with E-state index in [1.807, 2.05) is 18.2 Å². The number of benzene rings is 2. The number of ether oxygens (including phenoxy) is 6. The van der Waals surface area contributed by atoms with Gasteiger partial charge in [0.25, 0.3) is 5.91 Å². The van der Waals surface area contributed by atoms with Crippen LogP contribution in [0.4, 0.5) is 0 Å². The molecule has 0 saturated heterocycles. The number of amides is 1. The second-order valence-electron chi connectivity index (χ2n) is 6.58. The Kier molecular flexibility index (Phi) is 5.78. The molecule has 1 N–H and O–H groups in total. The van der Waals surface area contributed by atoms with Gasteiger partial charge < -0.3 is 33.7 Å². The van der Waals surface area contributed by atoms with Crippen molar-refractivity contribution in [3.05, 3.63) is 42.0 Å². The average molecular weight is 415 g/mol. The van der Waals surface area contributed by atoms with Crippen molar-refractivity contribution in [2.75, 3.05) is 40.1 Å². The largest absolute Gasteiger partial charge is 0.493 e. The zero-order valence-electron chi connectivity index (χ0n) is 16.3. The number of esters is 1. The highest BCUT2D eigenvalue weighted by atomic mass is 16.6. The van der Waals surface area contributed by atoms with Crippen molar-refractivity contribution in [2.24, 2.45) is 0 Å². The standard InChI is InChI=1S/C21H21NO8/c1-25-17-8-13(9-18-20(17)27-7-6-26-18)21(24)29-12-19(23)22-10-14-11-28-15-4-2-3-5-16(15)30-14/h2-5,8-9,14H,6-7,10-12H2,1H3,(H,22,23)/t14-/m1/s1. The van der Waals surface area contributed by atoms with Gasteiger partial charge in [-0.2, -0.15) is 0 Å². The highest BCUT2D eigenvalue weighted by molar-refractivity contribution is 5.92. The molecule has 0 radical (unpaired) electrons. The molecule has 9 heteroatoms. The SMILES string of the molecule is COc1cc(C(=O)OCC(=O)NC[C@@H]2COc3ccccc3O2)cc2c1OCCO2. The van der Waals surface area contributed by atoms with Gasteiger partial charge in [-0.25, -0.2) is 4.79 Å². The van der Waals surface area contributed by atoms with E-state index in [-0.39, 0.29) is 18.2 Å². The van der Waals surface area contributed by atoms with Gasteiger partial charge in [-0.05, 0) is 24.3 Å². The fourth-order valence-electron chi connectivity index (χ4n) is 3.05. The molecule has 9 nitrogen and oxygen atoms in total. The maximum Gasteiger partial charge on any atom is 0.338 e. The Hall–Kier alpha value is -3.62. The summed E-state index contributed by atoms with van der Waals surface area (Å²) < 4.78 is 32.7. The van der Waals surface area contributed by atoms with E-state index in [2.05, 4.69) is 5.32 Å². The summed E-state index contributed by atoms with van der Waals surface area (Å²) in [6.45, 7) is 0.875. The number of nitrogens with one attached hydrogen (secondary N) is 1. The predicted molar refractivity (Wildman–Crippen MR) is 104 cm³/mol. The molecule has 0 unspecified atom stereocenters. The number of carbonyl (C=O) groups excluding carboxylic acids is 2. The summed E-state index contributed by atoms with van der Waals surface area (Å²) >= 11 is 0. The van der Waals surface area contributed by atoms with Gasteiger partial charge in [-0.15, -0.1) is 0 Å². The van der Waals surface area contributed by atoms with Gasteiger partial charge in [-0.1, -0.05) is 12.1 Å². The molecule has 0 bridgehead atoms. The first-order valence-corrected chi connectivity index (χ1v) is 9.44. The molecule has 2 aromatic carbocycles. The van der Waals surface area contributed by atoms with Crippen molar-refractivity contribution < 1.29 is 38.0 Å². The molecule has 1 atom stereocenters. The summed E-state index contributed by atoms with van der Waals surface area (Å²) in [7, 11) is 1.46. The number of methoxy groups -OCH3 is 1. The zero-order chi connectivity index (χ0) is 20.9. The van der Waals surface area contributed by atoms with Crippen LogP contribution >= 0.6 is 0 Å². The molecule has 0 saturated carbocycles. The van der Waals surface area contributed by atoms with Crippen molar-refractivity contribution >= 4 is 11.9 Å². The number of hydrogen-bond donors (Lipinski definition) is 1. The number of carbonyl (C=O) groups is 2. The maximum absolute atomic E-state index is 12.3. The lowest BCUT2D eigenvalue weighted by Gasteiger charge is -2.26. The molecule has 2 aliphatic heterocycles. The monoisotopic (exact) mass is 415 g/mol. The number of para-hydroxylation sites is 2. The second kappa shape index (κ2) is 8.81. The van der Waals surface area contributed by atoms with Crippen LogP contribution in [0.3, 0.4) is 0 Å². The van der Waals surface area contributed by atoms with Crippen LogP contribution in [-0.2, 0) is 9.53 Å². The van der Waals surface area contributed by atoms with Crippen molar-refractivity contribution in [3.8, 4) is 28.7 Å². The van der Waals surface area contributed by atoms with E-state index >= 15 is 0 Å². The smallest absolute Gasteiger partial charge is 0.338 e. The third kappa shape index (κ3) is 4.35. The van der Waals surface area contributed by atoms with Gasteiger partial charge in [0.2, 0.25) is 5.75 Å². The van der Waals surface area contributed by atoms with Gasteiger partial charge in [0.15, 0.2) is 29.6 Å². The normalized spacial score (nSPS) is 16.4. The first-order valence-electron chi connectivity index (χ1n) is 9.44. The molecule has 0 fully saturated rings. The molecule has 158 valence electrons. The lowest BCUT2D eigenvalue weighted by atomic mass is 10.1. The Bertz CT molecular complexity index is 927. The van der Waals surface area contributed by atoms with E-state index in [0.717, 1.165) is 0 Å². The van der Waals surface area contributed by atoms with Crippen LogP contribution in [0.5, 0.6) is 28.7 Å². The Morgan fingerprint density at radius 1 is 1.07 bits per heavy atom. The molecule has 2 aliphatic rings. The molecule has 2 heterocycles. The van der Waals surface area contributed by atoms with Crippen LogP contribution in [0.15, 0.2) is 36.4 Å². The lowest BCUT2D eigenvalue weighted by Crippen LogP contribution is -2.42. The third-order valence-corrected chi connectivity index (χ3v) is 4.49. The van der Waals surface area contributed by atoms with E-state index in [0.29, 0.717) is 48.6 Å². The molecular weight excluding hydrogens is 394 g/mol. The third-order valence-electron chi connectivity index (χ3n) is 4.49. The molecule has 0 aliphatic carbocycles. The van der Waals surface area contributed by atoms with Crippen LogP contribution in [0, 0.1) is 0 Å². The summed E-state index contributed by atoms with van der Waals surface area (Å²) in [6.07, 6.45) is -0.332. The topological polar surface area (TPSA) is 102 Å². The quantitative estimate of drug-likeness (QED) is 0.710. The first-order chi connectivity index (χ1) is 14.6.